The van der Waals surface area contributed by atoms with E-state index in [0.717, 1.165) is 11.1 Å². The molecule has 1 unspecified atom stereocenters. The van der Waals surface area contributed by atoms with Crippen molar-refractivity contribution in [2.24, 2.45) is 0 Å². The molecule has 100 valence electrons. The van der Waals surface area contributed by atoms with Crippen LogP contribution in [0.15, 0.2) is 42.5 Å². The fourth-order valence-corrected chi connectivity index (χ4v) is 2.57. The summed E-state index contributed by atoms with van der Waals surface area (Å²) in [6.45, 7) is 2.14. The first-order chi connectivity index (χ1) is 9.10. The molecule has 1 atom stereocenters. The van der Waals surface area contributed by atoms with Crippen LogP contribution >= 0.6 is 23.2 Å². The lowest BCUT2D eigenvalue weighted by Gasteiger charge is -2.16. The lowest BCUT2D eigenvalue weighted by molar-refractivity contribution is 0.264. The third kappa shape index (κ3) is 3.73. The van der Waals surface area contributed by atoms with Crippen molar-refractivity contribution < 1.29 is 5.11 Å². The Morgan fingerprint density at radius 3 is 2.58 bits per heavy atom. The van der Waals surface area contributed by atoms with Crippen LogP contribution < -0.4 is 0 Å². The van der Waals surface area contributed by atoms with Crippen LogP contribution in [0.1, 0.15) is 22.6 Å². The van der Waals surface area contributed by atoms with E-state index in [1.807, 2.05) is 31.2 Å². The largest absolute Gasteiger partial charge is 0.396 e. The van der Waals surface area contributed by atoms with E-state index in [1.54, 1.807) is 12.1 Å². The molecule has 2 rings (SSSR count). The maximum atomic E-state index is 9.62. The van der Waals surface area contributed by atoms with Gasteiger partial charge >= 0.3 is 0 Å². The minimum absolute atomic E-state index is 0.0378. The molecule has 0 aromatic heterocycles. The van der Waals surface area contributed by atoms with Gasteiger partial charge in [-0.3, -0.25) is 0 Å². The molecule has 19 heavy (non-hydrogen) atoms. The second-order valence-corrected chi connectivity index (χ2v) is 5.58. The van der Waals surface area contributed by atoms with Gasteiger partial charge in [-0.2, -0.15) is 0 Å². The van der Waals surface area contributed by atoms with Gasteiger partial charge in [-0.15, -0.1) is 0 Å². The predicted molar refractivity (Wildman–Crippen MR) is 81.2 cm³/mol. The van der Waals surface area contributed by atoms with E-state index < -0.39 is 0 Å². The molecule has 2 aromatic rings. The summed E-state index contributed by atoms with van der Waals surface area (Å²) in [4.78, 5) is 0. The van der Waals surface area contributed by atoms with Crippen LogP contribution in [-0.4, -0.2) is 11.7 Å². The summed E-state index contributed by atoms with van der Waals surface area (Å²) < 4.78 is 0. The van der Waals surface area contributed by atoms with Crippen molar-refractivity contribution in [3.05, 3.63) is 69.2 Å². The van der Waals surface area contributed by atoms with Crippen LogP contribution in [0, 0.1) is 6.92 Å². The highest BCUT2D eigenvalue weighted by Crippen LogP contribution is 2.27. The monoisotopic (exact) mass is 294 g/mol. The van der Waals surface area contributed by atoms with Gasteiger partial charge in [0, 0.05) is 16.0 Å². The average molecular weight is 295 g/mol. The molecule has 2 aromatic carbocycles. The summed E-state index contributed by atoms with van der Waals surface area (Å²) in [6, 6.07) is 13.6. The number of rotatable bonds is 4. The van der Waals surface area contributed by atoms with Crippen molar-refractivity contribution in [1.29, 1.82) is 0 Å². The Bertz CT molecular complexity index is 566. The first-order valence-electron chi connectivity index (χ1n) is 6.21. The van der Waals surface area contributed by atoms with Crippen molar-refractivity contribution in [3.8, 4) is 0 Å². The van der Waals surface area contributed by atoms with E-state index in [9.17, 15) is 5.11 Å². The summed E-state index contributed by atoms with van der Waals surface area (Å²) in [5.74, 6) is 0.0378. The number of hydrogen-bond acceptors (Lipinski definition) is 1. The topological polar surface area (TPSA) is 20.2 Å². The van der Waals surface area contributed by atoms with Crippen LogP contribution in [-0.2, 0) is 6.42 Å². The molecule has 0 bridgehead atoms. The molecule has 0 radical (unpaired) electrons. The smallest absolute Gasteiger partial charge is 0.0502 e. The molecule has 0 aliphatic heterocycles. The van der Waals surface area contributed by atoms with Gasteiger partial charge in [-0.1, -0.05) is 53.0 Å². The summed E-state index contributed by atoms with van der Waals surface area (Å²) >= 11 is 12.2. The SMILES string of the molecule is Cc1cccc(C(CO)Cc2cc(Cl)ccc2Cl)c1. The van der Waals surface area contributed by atoms with Crippen LogP contribution in [0.2, 0.25) is 10.0 Å². The molecule has 0 heterocycles. The predicted octanol–water partition coefficient (Wildman–Crippen LogP) is 4.62. The Labute approximate surface area is 123 Å². The second kappa shape index (κ2) is 6.42. The van der Waals surface area contributed by atoms with Gasteiger partial charge < -0.3 is 5.11 Å². The zero-order valence-corrected chi connectivity index (χ0v) is 12.2. The van der Waals surface area contributed by atoms with Gasteiger partial charge in [-0.25, -0.2) is 0 Å². The van der Waals surface area contributed by atoms with Crippen LogP contribution in [0.25, 0.3) is 0 Å². The number of hydrogen-bond donors (Lipinski definition) is 1. The van der Waals surface area contributed by atoms with Gasteiger partial charge in [0.1, 0.15) is 0 Å². The maximum Gasteiger partial charge on any atom is 0.0502 e. The molecule has 0 spiro atoms. The number of benzene rings is 2. The van der Waals surface area contributed by atoms with E-state index in [2.05, 4.69) is 6.07 Å². The molecule has 0 amide bonds. The van der Waals surface area contributed by atoms with Gasteiger partial charge in [-0.05, 0) is 42.7 Å². The molecule has 3 heteroatoms. The molecule has 1 N–H and O–H groups in total. The Balaban J connectivity index is 2.26. The maximum absolute atomic E-state index is 9.62. The molecular weight excluding hydrogens is 279 g/mol. The number of halogens is 2. The Morgan fingerprint density at radius 2 is 1.89 bits per heavy atom. The molecule has 1 nitrogen and oxygen atoms in total. The Kier molecular flexibility index (Phi) is 4.87. The Morgan fingerprint density at radius 1 is 1.11 bits per heavy atom. The third-order valence-corrected chi connectivity index (χ3v) is 3.81. The fraction of sp³-hybridized carbons (Fsp3) is 0.250. The minimum atomic E-state index is 0.0378. The first kappa shape index (κ1) is 14.4. The van der Waals surface area contributed by atoms with Crippen molar-refractivity contribution in [3.63, 3.8) is 0 Å². The fourth-order valence-electron chi connectivity index (χ4n) is 2.18. The molecule has 0 aliphatic rings. The normalized spacial score (nSPS) is 12.4. The highest BCUT2D eigenvalue weighted by molar-refractivity contribution is 6.33. The quantitative estimate of drug-likeness (QED) is 0.872. The lowest BCUT2D eigenvalue weighted by atomic mass is 9.92. The van der Waals surface area contributed by atoms with Crippen LogP contribution in [0.5, 0.6) is 0 Å². The summed E-state index contributed by atoms with van der Waals surface area (Å²) in [5, 5.41) is 11.0. The van der Waals surface area contributed by atoms with Gasteiger partial charge in [0.15, 0.2) is 0 Å². The van der Waals surface area contributed by atoms with Gasteiger partial charge in [0.2, 0.25) is 0 Å². The van der Waals surface area contributed by atoms with E-state index >= 15 is 0 Å². The number of aliphatic hydroxyl groups excluding tert-OH is 1. The lowest BCUT2D eigenvalue weighted by Crippen LogP contribution is -2.08. The zero-order chi connectivity index (χ0) is 13.8. The summed E-state index contributed by atoms with van der Waals surface area (Å²) in [7, 11) is 0. The third-order valence-electron chi connectivity index (χ3n) is 3.21. The molecule has 0 saturated carbocycles. The van der Waals surface area contributed by atoms with E-state index in [-0.39, 0.29) is 12.5 Å². The van der Waals surface area contributed by atoms with Gasteiger partial charge in [0.05, 0.1) is 6.61 Å². The standard InChI is InChI=1S/C16H16Cl2O/c1-11-3-2-4-12(7-11)14(10-19)8-13-9-15(17)5-6-16(13)18/h2-7,9,14,19H,8,10H2,1H3. The number of aliphatic hydroxyl groups is 1. The highest BCUT2D eigenvalue weighted by atomic mass is 35.5. The molecule has 0 fully saturated rings. The van der Waals surface area contributed by atoms with E-state index in [1.165, 1.54) is 5.56 Å². The van der Waals surface area contributed by atoms with Crippen molar-refractivity contribution in [1.82, 2.24) is 0 Å². The summed E-state index contributed by atoms with van der Waals surface area (Å²) in [5.41, 5.74) is 3.28. The van der Waals surface area contributed by atoms with Crippen molar-refractivity contribution >= 4 is 23.2 Å². The van der Waals surface area contributed by atoms with E-state index in [4.69, 9.17) is 23.2 Å². The van der Waals surface area contributed by atoms with E-state index in [0.29, 0.717) is 16.5 Å². The zero-order valence-electron chi connectivity index (χ0n) is 10.7. The average Bonchev–Trinajstić information content (AvgIpc) is 2.39. The number of aryl methyl sites for hydroxylation is 1. The van der Waals surface area contributed by atoms with Crippen LogP contribution in [0.4, 0.5) is 0 Å². The summed E-state index contributed by atoms with van der Waals surface area (Å²) in [6.07, 6.45) is 0.680. The molecule has 0 saturated heterocycles. The van der Waals surface area contributed by atoms with Gasteiger partial charge in [0.25, 0.3) is 0 Å². The Hall–Kier alpha value is -1.02. The second-order valence-electron chi connectivity index (χ2n) is 4.73. The van der Waals surface area contributed by atoms with Crippen molar-refractivity contribution in [2.75, 3.05) is 6.61 Å². The van der Waals surface area contributed by atoms with Crippen molar-refractivity contribution in [2.45, 2.75) is 19.3 Å². The van der Waals surface area contributed by atoms with Crippen LogP contribution in [0.3, 0.4) is 0 Å². The molecular formula is C16H16Cl2O. The minimum Gasteiger partial charge on any atom is -0.396 e. The molecule has 0 aliphatic carbocycles. The first-order valence-corrected chi connectivity index (χ1v) is 6.97. The highest BCUT2D eigenvalue weighted by Gasteiger charge is 2.13.